The first kappa shape index (κ1) is 8.06. The van der Waals surface area contributed by atoms with Crippen molar-refractivity contribution >= 4 is 6.08 Å². The molecule has 0 fully saturated rings. The summed E-state index contributed by atoms with van der Waals surface area (Å²) < 4.78 is 0. The van der Waals surface area contributed by atoms with Gasteiger partial charge in [-0.1, -0.05) is 38.3 Å². The highest BCUT2D eigenvalue weighted by atomic mass is 14.2. The first-order valence-electron chi connectivity index (χ1n) is 3.64. The molecule has 11 heavy (non-hydrogen) atoms. The van der Waals surface area contributed by atoms with Crippen molar-refractivity contribution in [1.82, 2.24) is 0 Å². The molecule has 1 aromatic rings. The summed E-state index contributed by atoms with van der Waals surface area (Å²) in [4.78, 5) is 0. The second-order valence-corrected chi connectivity index (χ2v) is 2.73. The minimum absolute atomic E-state index is 0. The van der Waals surface area contributed by atoms with Gasteiger partial charge in [-0.05, 0) is 29.5 Å². The van der Waals surface area contributed by atoms with Crippen molar-refractivity contribution in [1.29, 1.82) is 0 Å². The van der Waals surface area contributed by atoms with E-state index in [0.29, 0.717) is 0 Å². The molecule has 1 aliphatic rings. The van der Waals surface area contributed by atoms with Crippen molar-refractivity contribution in [3.63, 3.8) is 0 Å². The fraction of sp³-hybridized carbons (Fsp3) is 0.273. The van der Waals surface area contributed by atoms with Crippen LogP contribution in [-0.2, 0) is 12.8 Å². The molecule has 0 heterocycles. The van der Waals surface area contributed by atoms with Gasteiger partial charge in [-0.3, -0.25) is 0 Å². The summed E-state index contributed by atoms with van der Waals surface area (Å²) in [7, 11) is 0. The molecule has 2 rings (SSSR count). The SMILES string of the molecule is C.C=Cc1ccc2c(c1)CC2. The van der Waals surface area contributed by atoms with Crippen molar-refractivity contribution in [2.24, 2.45) is 0 Å². The van der Waals surface area contributed by atoms with E-state index in [0.717, 1.165) is 0 Å². The minimum Gasteiger partial charge on any atom is -0.0985 e. The van der Waals surface area contributed by atoms with Crippen LogP contribution in [-0.4, -0.2) is 0 Å². The average Bonchev–Trinajstić information content (AvgIpc) is 1.92. The zero-order valence-corrected chi connectivity index (χ0v) is 5.93. The van der Waals surface area contributed by atoms with Crippen molar-refractivity contribution in [3.8, 4) is 0 Å². The fourth-order valence-electron chi connectivity index (χ4n) is 1.34. The summed E-state index contributed by atoms with van der Waals surface area (Å²) in [5, 5.41) is 0. The Morgan fingerprint density at radius 2 is 1.91 bits per heavy atom. The van der Waals surface area contributed by atoms with Crippen LogP contribution < -0.4 is 0 Å². The van der Waals surface area contributed by atoms with Crippen LogP contribution in [0.15, 0.2) is 24.8 Å². The standard InChI is InChI=1S/C10H10.CH4/c1-2-8-3-4-9-5-6-10(9)7-8;/h2-4,7H,1,5-6H2;1H4. The van der Waals surface area contributed by atoms with Crippen LogP contribution in [0.5, 0.6) is 0 Å². The first-order chi connectivity index (χ1) is 4.90. The molecule has 0 atom stereocenters. The Bertz CT molecular complexity index is 271. The normalized spacial score (nSPS) is 12.4. The third-order valence-electron chi connectivity index (χ3n) is 2.13. The van der Waals surface area contributed by atoms with Gasteiger partial charge in [0.2, 0.25) is 0 Å². The molecule has 1 aromatic carbocycles. The molecular weight excluding hydrogens is 132 g/mol. The van der Waals surface area contributed by atoms with E-state index >= 15 is 0 Å². The van der Waals surface area contributed by atoms with Gasteiger partial charge < -0.3 is 0 Å². The maximum atomic E-state index is 3.73. The molecule has 0 amide bonds. The predicted molar refractivity (Wildman–Crippen MR) is 50.7 cm³/mol. The van der Waals surface area contributed by atoms with Gasteiger partial charge in [-0.2, -0.15) is 0 Å². The number of rotatable bonds is 1. The zero-order chi connectivity index (χ0) is 6.97. The van der Waals surface area contributed by atoms with E-state index in [1.54, 1.807) is 0 Å². The quantitative estimate of drug-likeness (QED) is 0.571. The van der Waals surface area contributed by atoms with E-state index < -0.39 is 0 Å². The van der Waals surface area contributed by atoms with Gasteiger partial charge in [0.25, 0.3) is 0 Å². The Labute approximate surface area is 68.6 Å². The van der Waals surface area contributed by atoms with Crippen molar-refractivity contribution in [2.45, 2.75) is 20.3 Å². The van der Waals surface area contributed by atoms with E-state index in [4.69, 9.17) is 0 Å². The van der Waals surface area contributed by atoms with E-state index in [2.05, 4.69) is 24.8 Å². The van der Waals surface area contributed by atoms with Gasteiger partial charge in [0.15, 0.2) is 0 Å². The summed E-state index contributed by atoms with van der Waals surface area (Å²) in [6.07, 6.45) is 4.43. The van der Waals surface area contributed by atoms with Gasteiger partial charge in [-0.25, -0.2) is 0 Å². The van der Waals surface area contributed by atoms with Crippen LogP contribution in [0.1, 0.15) is 24.1 Å². The summed E-state index contributed by atoms with van der Waals surface area (Å²) in [5.74, 6) is 0. The molecule has 0 saturated carbocycles. The first-order valence-corrected chi connectivity index (χ1v) is 3.64. The lowest BCUT2D eigenvalue weighted by molar-refractivity contribution is 0.839. The number of hydrogen-bond acceptors (Lipinski definition) is 0. The molecule has 0 spiro atoms. The highest BCUT2D eigenvalue weighted by Gasteiger charge is 2.11. The molecule has 0 aliphatic heterocycles. The van der Waals surface area contributed by atoms with Gasteiger partial charge >= 0.3 is 0 Å². The molecule has 0 unspecified atom stereocenters. The van der Waals surface area contributed by atoms with E-state index in [-0.39, 0.29) is 7.43 Å². The van der Waals surface area contributed by atoms with Gasteiger partial charge in [0.1, 0.15) is 0 Å². The molecule has 0 N–H and O–H groups in total. The number of benzene rings is 1. The molecule has 0 bridgehead atoms. The number of hydrogen-bond donors (Lipinski definition) is 0. The second kappa shape index (κ2) is 2.91. The van der Waals surface area contributed by atoms with Crippen LogP contribution in [0.2, 0.25) is 0 Å². The highest BCUT2D eigenvalue weighted by molar-refractivity contribution is 5.51. The molecule has 1 aliphatic carbocycles. The topological polar surface area (TPSA) is 0 Å². The third-order valence-corrected chi connectivity index (χ3v) is 2.13. The summed E-state index contributed by atoms with van der Waals surface area (Å²) in [6, 6.07) is 6.56. The Hall–Kier alpha value is -1.04. The number of fused-ring (bicyclic) bond motifs is 1. The average molecular weight is 146 g/mol. The molecule has 0 saturated heterocycles. The Morgan fingerprint density at radius 3 is 2.36 bits per heavy atom. The predicted octanol–water partition coefficient (Wildman–Crippen LogP) is 3.06. The summed E-state index contributed by atoms with van der Waals surface area (Å²) >= 11 is 0. The van der Waals surface area contributed by atoms with Crippen LogP contribution in [0, 0.1) is 0 Å². The fourth-order valence-corrected chi connectivity index (χ4v) is 1.34. The smallest absolute Gasteiger partial charge is 0.0235 e. The Morgan fingerprint density at radius 1 is 1.18 bits per heavy atom. The second-order valence-electron chi connectivity index (χ2n) is 2.73. The van der Waals surface area contributed by atoms with E-state index in [1.165, 1.54) is 29.5 Å². The van der Waals surface area contributed by atoms with Crippen molar-refractivity contribution < 1.29 is 0 Å². The zero-order valence-electron chi connectivity index (χ0n) is 5.93. The van der Waals surface area contributed by atoms with Crippen LogP contribution in [0.25, 0.3) is 6.08 Å². The van der Waals surface area contributed by atoms with Crippen LogP contribution in [0.3, 0.4) is 0 Å². The van der Waals surface area contributed by atoms with Crippen LogP contribution >= 0.6 is 0 Å². The Balaban J connectivity index is 0.000000605. The van der Waals surface area contributed by atoms with Gasteiger partial charge in [-0.15, -0.1) is 0 Å². The minimum atomic E-state index is 0. The van der Waals surface area contributed by atoms with Crippen molar-refractivity contribution in [3.05, 3.63) is 41.5 Å². The maximum Gasteiger partial charge on any atom is -0.0235 e. The van der Waals surface area contributed by atoms with E-state index in [9.17, 15) is 0 Å². The van der Waals surface area contributed by atoms with Gasteiger partial charge in [0.05, 0.1) is 0 Å². The molecule has 0 nitrogen and oxygen atoms in total. The molecule has 58 valence electrons. The molecular formula is C11H14. The lowest BCUT2D eigenvalue weighted by Gasteiger charge is -2.18. The van der Waals surface area contributed by atoms with Crippen molar-refractivity contribution in [2.75, 3.05) is 0 Å². The molecule has 0 aromatic heterocycles. The van der Waals surface area contributed by atoms with E-state index in [1.807, 2.05) is 6.08 Å². The lowest BCUT2D eigenvalue weighted by Crippen LogP contribution is -2.07. The summed E-state index contributed by atoms with van der Waals surface area (Å²) in [5.41, 5.74) is 4.28. The largest absolute Gasteiger partial charge is 0.0985 e. The lowest BCUT2D eigenvalue weighted by atomic mass is 9.87. The highest BCUT2D eigenvalue weighted by Crippen LogP contribution is 2.23. The van der Waals surface area contributed by atoms with Gasteiger partial charge in [0, 0.05) is 0 Å². The Kier molecular flexibility index (Phi) is 2.13. The van der Waals surface area contributed by atoms with Crippen LogP contribution in [0.4, 0.5) is 0 Å². The molecule has 0 heteroatoms. The number of aryl methyl sites for hydroxylation is 2. The summed E-state index contributed by atoms with van der Waals surface area (Å²) in [6.45, 7) is 3.73. The monoisotopic (exact) mass is 146 g/mol. The molecule has 0 radical (unpaired) electrons. The maximum absolute atomic E-state index is 3.73. The third kappa shape index (κ3) is 1.21.